The average Bonchev–Trinajstić information content (AvgIpc) is 2.94. The highest BCUT2D eigenvalue weighted by atomic mass is 16.4. The first-order valence-electron chi connectivity index (χ1n) is 7.86. The second-order valence-corrected chi connectivity index (χ2v) is 5.96. The van der Waals surface area contributed by atoms with Crippen molar-refractivity contribution >= 4 is 11.9 Å². The Morgan fingerprint density at radius 1 is 1.36 bits per heavy atom. The molecule has 120 valence electrons. The molecule has 0 aromatic heterocycles. The lowest BCUT2D eigenvalue weighted by molar-refractivity contribution is -0.137. The Balaban J connectivity index is 1.86. The smallest absolute Gasteiger partial charge is 0.303 e. The number of nitrogens with zero attached hydrogens (tertiary/aromatic N) is 1. The number of carbonyl (C=O) groups excluding carboxylic acids is 1. The summed E-state index contributed by atoms with van der Waals surface area (Å²) in [5.74, 6) is -0.806. The van der Waals surface area contributed by atoms with Gasteiger partial charge < -0.3 is 10.4 Å². The number of carboxylic acid groups (broad SMARTS) is 1. The highest BCUT2D eigenvalue weighted by Gasteiger charge is 2.31. The molecule has 1 heterocycles. The van der Waals surface area contributed by atoms with E-state index in [9.17, 15) is 9.59 Å². The molecule has 1 aromatic rings. The molecule has 5 heteroatoms. The number of aliphatic carboxylic acids is 1. The largest absolute Gasteiger partial charge is 0.481 e. The standard InChI is InChI=1S/C17H24N2O3/c1-13(9-10-16(20)21)18-17(22)15-8-5-11-19(15)12-14-6-3-2-4-7-14/h2-4,6-7,13,15H,5,8-12H2,1H3,(H,18,22)(H,20,21). The van der Waals surface area contributed by atoms with Gasteiger partial charge in [0.15, 0.2) is 0 Å². The fourth-order valence-corrected chi connectivity index (χ4v) is 2.88. The van der Waals surface area contributed by atoms with E-state index < -0.39 is 5.97 Å². The van der Waals surface area contributed by atoms with Crippen LogP contribution in [0.5, 0.6) is 0 Å². The minimum absolute atomic E-state index is 0.0197. The summed E-state index contributed by atoms with van der Waals surface area (Å²) in [5, 5.41) is 11.6. The molecule has 2 N–H and O–H groups in total. The monoisotopic (exact) mass is 304 g/mol. The van der Waals surface area contributed by atoms with E-state index in [4.69, 9.17) is 5.11 Å². The van der Waals surface area contributed by atoms with Crippen LogP contribution in [0.4, 0.5) is 0 Å². The maximum atomic E-state index is 12.4. The molecule has 2 unspecified atom stereocenters. The second kappa shape index (κ2) is 7.94. The van der Waals surface area contributed by atoms with E-state index in [1.54, 1.807) is 0 Å². The van der Waals surface area contributed by atoms with Crippen molar-refractivity contribution in [3.8, 4) is 0 Å². The molecule has 0 saturated carbocycles. The maximum Gasteiger partial charge on any atom is 0.303 e. The Kier molecular flexibility index (Phi) is 5.95. The summed E-state index contributed by atoms with van der Waals surface area (Å²) in [5.41, 5.74) is 1.21. The predicted octanol–water partition coefficient (Wildman–Crippen LogP) is 2.02. The SMILES string of the molecule is CC(CCC(=O)O)NC(=O)C1CCCN1Cc1ccccc1. The molecule has 1 aliphatic rings. The normalized spacial score (nSPS) is 19.8. The van der Waals surface area contributed by atoms with Crippen LogP contribution < -0.4 is 5.32 Å². The first kappa shape index (κ1) is 16.5. The van der Waals surface area contributed by atoms with E-state index in [0.29, 0.717) is 6.42 Å². The van der Waals surface area contributed by atoms with Crippen LogP contribution in [0.3, 0.4) is 0 Å². The van der Waals surface area contributed by atoms with Crippen LogP contribution in [0.2, 0.25) is 0 Å². The van der Waals surface area contributed by atoms with Crippen LogP contribution in [-0.4, -0.2) is 40.5 Å². The number of rotatable bonds is 7. The molecule has 2 rings (SSSR count). The van der Waals surface area contributed by atoms with Crippen LogP contribution >= 0.6 is 0 Å². The van der Waals surface area contributed by atoms with E-state index >= 15 is 0 Å². The molecule has 0 radical (unpaired) electrons. The highest BCUT2D eigenvalue weighted by Crippen LogP contribution is 2.20. The molecule has 2 atom stereocenters. The molecule has 0 spiro atoms. The molecule has 1 saturated heterocycles. The Bertz CT molecular complexity index is 504. The van der Waals surface area contributed by atoms with Gasteiger partial charge in [0.25, 0.3) is 0 Å². The minimum Gasteiger partial charge on any atom is -0.481 e. The van der Waals surface area contributed by atoms with Crippen LogP contribution in [0.25, 0.3) is 0 Å². The Morgan fingerprint density at radius 2 is 2.09 bits per heavy atom. The summed E-state index contributed by atoms with van der Waals surface area (Å²) in [4.78, 5) is 25.2. The molecule has 1 amide bonds. The Hall–Kier alpha value is -1.88. The van der Waals surface area contributed by atoms with Gasteiger partial charge in [-0.15, -0.1) is 0 Å². The molecule has 22 heavy (non-hydrogen) atoms. The lowest BCUT2D eigenvalue weighted by Crippen LogP contribution is -2.46. The first-order valence-corrected chi connectivity index (χ1v) is 7.86. The van der Waals surface area contributed by atoms with Gasteiger partial charge in [-0.1, -0.05) is 30.3 Å². The van der Waals surface area contributed by atoms with Crippen molar-refractivity contribution in [3.05, 3.63) is 35.9 Å². The average molecular weight is 304 g/mol. The zero-order valence-electron chi connectivity index (χ0n) is 13.0. The number of carboxylic acids is 1. The van der Waals surface area contributed by atoms with E-state index in [-0.39, 0.29) is 24.4 Å². The van der Waals surface area contributed by atoms with Crippen LogP contribution in [0.1, 0.15) is 38.2 Å². The molecule has 5 nitrogen and oxygen atoms in total. The van der Waals surface area contributed by atoms with Gasteiger partial charge in [-0.2, -0.15) is 0 Å². The third-order valence-electron chi connectivity index (χ3n) is 4.07. The lowest BCUT2D eigenvalue weighted by atomic mass is 10.1. The number of amides is 1. The lowest BCUT2D eigenvalue weighted by Gasteiger charge is -2.25. The van der Waals surface area contributed by atoms with Gasteiger partial charge in [0, 0.05) is 19.0 Å². The molecular weight excluding hydrogens is 280 g/mol. The topological polar surface area (TPSA) is 69.6 Å². The highest BCUT2D eigenvalue weighted by molar-refractivity contribution is 5.82. The molecule has 0 aliphatic carbocycles. The van der Waals surface area contributed by atoms with Gasteiger partial charge in [0.1, 0.15) is 0 Å². The zero-order valence-corrected chi connectivity index (χ0v) is 13.0. The summed E-state index contributed by atoms with van der Waals surface area (Å²) < 4.78 is 0. The molecule has 1 aromatic carbocycles. The van der Waals surface area contributed by atoms with Gasteiger partial charge in [-0.05, 0) is 38.3 Å². The second-order valence-electron chi connectivity index (χ2n) is 5.96. The predicted molar refractivity (Wildman–Crippen MR) is 84.3 cm³/mol. The van der Waals surface area contributed by atoms with Crippen LogP contribution in [0.15, 0.2) is 30.3 Å². The van der Waals surface area contributed by atoms with E-state index in [0.717, 1.165) is 25.9 Å². The molecule has 1 aliphatic heterocycles. The number of hydrogen-bond acceptors (Lipinski definition) is 3. The summed E-state index contributed by atoms with van der Waals surface area (Å²) >= 11 is 0. The van der Waals surface area contributed by atoms with E-state index in [2.05, 4.69) is 22.3 Å². The van der Waals surface area contributed by atoms with Gasteiger partial charge in [-0.3, -0.25) is 14.5 Å². The Morgan fingerprint density at radius 3 is 2.77 bits per heavy atom. The van der Waals surface area contributed by atoms with Crippen molar-refractivity contribution in [2.45, 2.75) is 51.2 Å². The van der Waals surface area contributed by atoms with E-state index in [1.807, 2.05) is 25.1 Å². The molecule has 0 bridgehead atoms. The number of nitrogens with one attached hydrogen (secondary N) is 1. The first-order chi connectivity index (χ1) is 10.6. The van der Waals surface area contributed by atoms with Gasteiger partial charge >= 0.3 is 5.97 Å². The summed E-state index contributed by atoms with van der Waals surface area (Å²) in [6.07, 6.45) is 2.44. The number of carbonyl (C=O) groups is 2. The van der Waals surface area contributed by atoms with Crippen molar-refractivity contribution in [2.75, 3.05) is 6.54 Å². The Labute approximate surface area is 131 Å². The van der Waals surface area contributed by atoms with Gasteiger partial charge in [-0.25, -0.2) is 0 Å². The summed E-state index contributed by atoms with van der Waals surface area (Å²) in [6.45, 7) is 3.57. The van der Waals surface area contributed by atoms with Crippen molar-refractivity contribution < 1.29 is 14.7 Å². The maximum absolute atomic E-state index is 12.4. The van der Waals surface area contributed by atoms with Crippen molar-refractivity contribution in [1.29, 1.82) is 0 Å². The zero-order chi connectivity index (χ0) is 15.9. The summed E-state index contributed by atoms with van der Waals surface area (Å²) in [6, 6.07) is 9.94. The number of benzene rings is 1. The molecule has 1 fully saturated rings. The third kappa shape index (κ3) is 4.84. The summed E-state index contributed by atoms with van der Waals surface area (Å²) in [7, 11) is 0. The van der Waals surface area contributed by atoms with Crippen molar-refractivity contribution in [3.63, 3.8) is 0 Å². The van der Waals surface area contributed by atoms with Gasteiger partial charge in [0.2, 0.25) is 5.91 Å². The fraction of sp³-hybridized carbons (Fsp3) is 0.529. The third-order valence-corrected chi connectivity index (χ3v) is 4.07. The quantitative estimate of drug-likeness (QED) is 0.808. The number of hydrogen-bond donors (Lipinski definition) is 2. The van der Waals surface area contributed by atoms with Crippen LogP contribution in [-0.2, 0) is 16.1 Å². The van der Waals surface area contributed by atoms with Crippen molar-refractivity contribution in [1.82, 2.24) is 10.2 Å². The van der Waals surface area contributed by atoms with Crippen molar-refractivity contribution in [2.24, 2.45) is 0 Å². The minimum atomic E-state index is -0.826. The molecular formula is C17H24N2O3. The van der Waals surface area contributed by atoms with Gasteiger partial charge in [0.05, 0.1) is 6.04 Å². The number of likely N-dealkylation sites (tertiary alicyclic amines) is 1. The van der Waals surface area contributed by atoms with E-state index in [1.165, 1.54) is 5.56 Å². The fourth-order valence-electron chi connectivity index (χ4n) is 2.88. The van der Waals surface area contributed by atoms with Crippen LogP contribution in [0, 0.1) is 0 Å².